The van der Waals surface area contributed by atoms with Crippen LogP contribution in [-0.2, 0) is 0 Å². The van der Waals surface area contributed by atoms with Crippen molar-refractivity contribution in [1.29, 1.82) is 0 Å². The molecule has 0 unspecified atom stereocenters. The first kappa shape index (κ1) is 35.2. The SMILES string of the molecule is c1ccc(-c2ccc(N3B4c5cc6c(cc5N(c5ccc7c(c5)sc5ccccc57)c5cc(-c7ccccc7)cc(c54)-c4cc5ccccc5cc43)sc3ccccc36)cc2)cc1. The Hall–Kier alpha value is -7.44. The number of benzene rings is 10. The van der Waals surface area contributed by atoms with E-state index in [9.17, 15) is 0 Å². The van der Waals surface area contributed by atoms with E-state index >= 15 is 0 Å². The summed E-state index contributed by atoms with van der Waals surface area (Å²) in [6.07, 6.45) is 0. The van der Waals surface area contributed by atoms with Gasteiger partial charge in [-0.25, -0.2) is 0 Å². The molecule has 10 aromatic carbocycles. The summed E-state index contributed by atoms with van der Waals surface area (Å²) in [5, 5.41) is 7.71. The highest BCUT2D eigenvalue weighted by Crippen LogP contribution is 2.51. The molecule has 0 fully saturated rings. The van der Waals surface area contributed by atoms with Crippen molar-refractivity contribution in [1.82, 2.24) is 0 Å². The zero-order valence-corrected chi connectivity index (χ0v) is 35.6. The van der Waals surface area contributed by atoms with Crippen molar-refractivity contribution in [3.8, 4) is 33.4 Å². The topological polar surface area (TPSA) is 6.48 Å². The third kappa shape index (κ3) is 5.31. The monoisotopic (exact) mass is 834 g/mol. The van der Waals surface area contributed by atoms with E-state index in [4.69, 9.17) is 0 Å². The summed E-state index contributed by atoms with van der Waals surface area (Å²) in [7, 11) is 0. The van der Waals surface area contributed by atoms with E-state index in [0.717, 1.165) is 0 Å². The lowest BCUT2D eigenvalue weighted by Crippen LogP contribution is -2.61. The molecule has 0 saturated heterocycles. The lowest BCUT2D eigenvalue weighted by molar-refractivity contribution is 1.28. The zero-order chi connectivity index (χ0) is 41.2. The van der Waals surface area contributed by atoms with E-state index in [1.165, 1.54) is 124 Å². The third-order valence-electron chi connectivity index (χ3n) is 13.4. The number of rotatable bonds is 4. The highest BCUT2D eigenvalue weighted by molar-refractivity contribution is 7.26. The maximum absolute atomic E-state index is 2.65. The highest BCUT2D eigenvalue weighted by Gasteiger charge is 2.46. The van der Waals surface area contributed by atoms with Gasteiger partial charge in [-0.15, -0.1) is 22.7 Å². The molecular formula is C58H35BN2S2. The van der Waals surface area contributed by atoms with E-state index in [-0.39, 0.29) is 6.85 Å². The van der Waals surface area contributed by atoms with E-state index < -0.39 is 0 Å². The summed E-state index contributed by atoms with van der Waals surface area (Å²) >= 11 is 3.78. The summed E-state index contributed by atoms with van der Waals surface area (Å²) < 4.78 is 5.22. The number of anilines is 5. The van der Waals surface area contributed by atoms with Crippen LogP contribution in [0.5, 0.6) is 0 Å². The summed E-state index contributed by atoms with van der Waals surface area (Å²) in [5.74, 6) is 0. The number of fused-ring (bicyclic) bond motifs is 11. The molecule has 0 bridgehead atoms. The second kappa shape index (κ2) is 13.5. The maximum atomic E-state index is 2.65. The molecule has 0 spiro atoms. The van der Waals surface area contributed by atoms with Gasteiger partial charge in [0.15, 0.2) is 0 Å². The normalized spacial score (nSPS) is 13.0. The summed E-state index contributed by atoms with van der Waals surface area (Å²) in [6.45, 7) is -0.113. The van der Waals surface area contributed by atoms with Crippen molar-refractivity contribution in [2.24, 2.45) is 0 Å². The van der Waals surface area contributed by atoms with E-state index in [2.05, 4.69) is 222 Å². The van der Waals surface area contributed by atoms with Gasteiger partial charge in [0.25, 0.3) is 0 Å². The van der Waals surface area contributed by atoms with Crippen LogP contribution in [-0.4, -0.2) is 6.85 Å². The molecule has 0 radical (unpaired) electrons. The van der Waals surface area contributed by atoms with Crippen LogP contribution in [0.3, 0.4) is 0 Å². The minimum Gasteiger partial charge on any atom is -0.376 e. The van der Waals surface area contributed by atoms with Crippen LogP contribution >= 0.6 is 22.7 Å². The minimum absolute atomic E-state index is 0.113. The Bertz CT molecular complexity index is 3820. The fraction of sp³-hybridized carbons (Fsp3) is 0. The van der Waals surface area contributed by atoms with Crippen LogP contribution in [0.1, 0.15) is 0 Å². The first-order valence-electron chi connectivity index (χ1n) is 21.6. The Morgan fingerprint density at radius 1 is 0.333 bits per heavy atom. The Balaban J connectivity index is 1.11. The van der Waals surface area contributed by atoms with E-state index in [0.29, 0.717) is 0 Å². The molecule has 12 aromatic rings. The summed E-state index contributed by atoms with van der Waals surface area (Å²) in [5.41, 5.74) is 16.0. The van der Waals surface area contributed by atoms with Gasteiger partial charge in [0.1, 0.15) is 0 Å². The Labute approximate surface area is 373 Å². The van der Waals surface area contributed by atoms with Gasteiger partial charge in [0.2, 0.25) is 0 Å². The van der Waals surface area contributed by atoms with Gasteiger partial charge in [0, 0.05) is 74.3 Å². The van der Waals surface area contributed by atoms with Crippen molar-refractivity contribution in [2.75, 3.05) is 9.71 Å². The van der Waals surface area contributed by atoms with Crippen molar-refractivity contribution in [3.63, 3.8) is 0 Å². The fourth-order valence-corrected chi connectivity index (χ4v) is 12.8. The lowest BCUT2D eigenvalue weighted by atomic mass is 9.43. The maximum Gasteiger partial charge on any atom is 0.333 e. The minimum atomic E-state index is -0.113. The Morgan fingerprint density at radius 3 is 1.63 bits per heavy atom. The second-order valence-corrected chi connectivity index (χ2v) is 19.0. The van der Waals surface area contributed by atoms with Crippen LogP contribution in [0.15, 0.2) is 212 Å². The summed E-state index contributed by atoms with van der Waals surface area (Å²) in [4.78, 5) is 5.24. The van der Waals surface area contributed by atoms with Gasteiger partial charge in [-0.2, -0.15) is 0 Å². The van der Waals surface area contributed by atoms with Crippen molar-refractivity contribution in [2.45, 2.75) is 0 Å². The standard InChI is InChI=1S/C58H35BN2S2/c1-3-13-36(14-4-1)38-23-25-42(26-24-38)61-51-31-40-18-8-7-17-39(40)29-47(51)49-30-41(37-15-5-2-6-16-37)32-53-58(49)59(61)50-34-48-45-20-10-12-22-55(45)63-57(48)35-52(50)60(53)43-27-28-46-44-19-9-11-21-54(44)62-56(46)33-43/h1-35H. The predicted molar refractivity (Wildman–Crippen MR) is 274 cm³/mol. The zero-order valence-electron chi connectivity index (χ0n) is 34.0. The van der Waals surface area contributed by atoms with Crippen LogP contribution in [0.4, 0.5) is 28.4 Å². The quantitative estimate of drug-likeness (QED) is 0.163. The molecule has 0 saturated carbocycles. The number of thiophene rings is 2. The lowest BCUT2D eigenvalue weighted by Gasteiger charge is -2.46. The number of nitrogens with zero attached hydrogens (tertiary/aromatic N) is 2. The second-order valence-electron chi connectivity index (χ2n) is 16.8. The molecule has 292 valence electrons. The molecule has 14 rings (SSSR count). The van der Waals surface area contributed by atoms with Gasteiger partial charge < -0.3 is 9.71 Å². The number of hydrogen-bond donors (Lipinski definition) is 0. The van der Waals surface area contributed by atoms with Crippen LogP contribution in [0.2, 0.25) is 0 Å². The number of hydrogen-bond acceptors (Lipinski definition) is 4. The van der Waals surface area contributed by atoms with Crippen molar-refractivity contribution >= 4 is 120 Å². The average molecular weight is 835 g/mol. The van der Waals surface area contributed by atoms with Gasteiger partial charge >= 0.3 is 6.85 Å². The van der Waals surface area contributed by atoms with Crippen molar-refractivity contribution < 1.29 is 0 Å². The molecule has 2 aromatic heterocycles. The largest absolute Gasteiger partial charge is 0.376 e. The van der Waals surface area contributed by atoms with Gasteiger partial charge in [-0.05, 0) is 116 Å². The average Bonchev–Trinajstić information content (AvgIpc) is 3.91. The Morgan fingerprint density at radius 2 is 0.905 bits per heavy atom. The molecule has 0 amide bonds. The molecular weight excluding hydrogens is 800 g/mol. The van der Waals surface area contributed by atoms with E-state index in [1.54, 1.807) is 0 Å². The van der Waals surface area contributed by atoms with Gasteiger partial charge in [-0.3, -0.25) is 0 Å². The molecule has 0 N–H and O–H groups in total. The first-order chi connectivity index (χ1) is 31.2. The molecule has 4 heterocycles. The third-order valence-corrected chi connectivity index (χ3v) is 15.7. The summed E-state index contributed by atoms with van der Waals surface area (Å²) in [6, 6.07) is 79.5. The molecule has 2 nitrogen and oxygen atoms in total. The van der Waals surface area contributed by atoms with Crippen molar-refractivity contribution in [3.05, 3.63) is 212 Å². The van der Waals surface area contributed by atoms with Gasteiger partial charge in [0.05, 0.1) is 0 Å². The van der Waals surface area contributed by atoms with Crippen LogP contribution in [0.25, 0.3) is 84.5 Å². The highest BCUT2D eigenvalue weighted by atomic mass is 32.1. The molecule has 2 aliphatic heterocycles. The van der Waals surface area contributed by atoms with Crippen LogP contribution in [0, 0.1) is 0 Å². The Kier molecular flexibility index (Phi) is 7.56. The van der Waals surface area contributed by atoms with Crippen LogP contribution < -0.4 is 20.6 Å². The molecule has 0 aliphatic carbocycles. The predicted octanol–water partition coefficient (Wildman–Crippen LogP) is 15.6. The molecule has 63 heavy (non-hydrogen) atoms. The van der Waals surface area contributed by atoms with E-state index in [1.807, 2.05) is 22.7 Å². The first-order valence-corrected chi connectivity index (χ1v) is 23.2. The molecule has 2 aliphatic rings. The fourth-order valence-electron chi connectivity index (χ4n) is 10.5. The molecule has 0 atom stereocenters. The smallest absolute Gasteiger partial charge is 0.333 e. The molecule has 5 heteroatoms. The van der Waals surface area contributed by atoms with Gasteiger partial charge in [-0.1, -0.05) is 146 Å².